The van der Waals surface area contributed by atoms with E-state index >= 15 is 0 Å². The molecule has 5 nitrogen and oxygen atoms in total. The van der Waals surface area contributed by atoms with Crippen LogP contribution in [0.5, 0.6) is 0 Å². The van der Waals surface area contributed by atoms with E-state index < -0.39 is 0 Å². The van der Waals surface area contributed by atoms with Gasteiger partial charge < -0.3 is 10.3 Å². The number of nitrogen functional groups attached to an aromatic ring is 1. The van der Waals surface area contributed by atoms with Crippen LogP contribution in [0.2, 0.25) is 0 Å². The second kappa shape index (κ2) is 4.28. The van der Waals surface area contributed by atoms with Crippen molar-refractivity contribution in [3.63, 3.8) is 0 Å². The van der Waals surface area contributed by atoms with Crippen LogP contribution in [-0.2, 0) is 6.54 Å². The van der Waals surface area contributed by atoms with Crippen molar-refractivity contribution in [1.82, 2.24) is 14.8 Å². The number of aromatic nitrogens is 3. The minimum absolute atomic E-state index is 0.106. The van der Waals surface area contributed by atoms with Gasteiger partial charge in [-0.2, -0.15) is 5.10 Å². The Labute approximate surface area is 109 Å². The van der Waals surface area contributed by atoms with E-state index in [0.29, 0.717) is 17.4 Å². The van der Waals surface area contributed by atoms with Gasteiger partial charge >= 0.3 is 0 Å². The zero-order chi connectivity index (χ0) is 13.4. The summed E-state index contributed by atoms with van der Waals surface area (Å²) >= 11 is 0. The normalized spacial score (nSPS) is 11.0. The summed E-state index contributed by atoms with van der Waals surface area (Å²) in [6.07, 6.45) is 0. The number of nitrogens with two attached hydrogens (primary N) is 1. The van der Waals surface area contributed by atoms with Crippen molar-refractivity contribution >= 4 is 16.7 Å². The third-order valence-corrected chi connectivity index (χ3v) is 3.24. The summed E-state index contributed by atoms with van der Waals surface area (Å²) in [6, 6.07) is 11.8. The molecule has 0 saturated carbocycles. The number of aromatic amines is 1. The number of rotatable bonds is 2. The summed E-state index contributed by atoms with van der Waals surface area (Å²) in [5.74, 6) is 0.252. The summed E-state index contributed by atoms with van der Waals surface area (Å²) in [4.78, 5) is 12.5. The second-order valence-corrected chi connectivity index (χ2v) is 4.56. The maximum absolute atomic E-state index is 12.5. The van der Waals surface area contributed by atoms with Crippen molar-refractivity contribution in [3.05, 3.63) is 58.0 Å². The minimum atomic E-state index is -0.106. The minimum Gasteiger partial charge on any atom is -0.382 e. The average Bonchev–Trinajstić information content (AvgIpc) is 2.77. The van der Waals surface area contributed by atoms with Crippen LogP contribution in [0.1, 0.15) is 11.3 Å². The molecule has 19 heavy (non-hydrogen) atoms. The van der Waals surface area contributed by atoms with Gasteiger partial charge in [0.25, 0.3) is 5.56 Å². The van der Waals surface area contributed by atoms with E-state index in [1.807, 2.05) is 43.3 Å². The molecule has 96 valence electrons. The Balaban J connectivity index is 2.18. The number of nitrogens with zero attached hydrogens (tertiary/aromatic N) is 2. The molecule has 2 heterocycles. The lowest BCUT2D eigenvalue weighted by Gasteiger charge is -2.10. The number of aryl methyl sites for hydroxylation is 1. The number of fused-ring (bicyclic) bond motifs is 1. The average molecular weight is 254 g/mol. The van der Waals surface area contributed by atoms with Gasteiger partial charge in [-0.1, -0.05) is 30.3 Å². The lowest BCUT2D eigenvalue weighted by Crippen LogP contribution is -2.23. The lowest BCUT2D eigenvalue weighted by molar-refractivity contribution is 0.738. The molecule has 0 atom stereocenters. The molecule has 0 aliphatic rings. The van der Waals surface area contributed by atoms with Gasteiger partial charge in [0.05, 0.1) is 12.1 Å². The SMILES string of the molecule is Cc1cc2[nH]nc(N)c2c(=O)n1Cc1ccccc1. The van der Waals surface area contributed by atoms with Crippen LogP contribution in [0.25, 0.3) is 10.9 Å². The van der Waals surface area contributed by atoms with E-state index in [1.54, 1.807) is 4.57 Å². The molecule has 0 radical (unpaired) electrons. The highest BCUT2D eigenvalue weighted by Gasteiger charge is 2.11. The van der Waals surface area contributed by atoms with Crippen LogP contribution >= 0.6 is 0 Å². The molecular weight excluding hydrogens is 240 g/mol. The maximum Gasteiger partial charge on any atom is 0.264 e. The van der Waals surface area contributed by atoms with Crippen molar-refractivity contribution in [2.24, 2.45) is 0 Å². The first kappa shape index (κ1) is 11.5. The Morgan fingerprint density at radius 3 is 2.79 bits per heavy atom. The number of anilines is 1. The number of hydrogen-bond donors (Lipinski definition) is 2. The predicted octanol–water partition coefficient (Wildman–Crippen LogP) is 1.66. The van der Waals surface area contributed by atoms with E-state index in [2.05, 4.69) is 10.2 Å². The number of nitrogens with one attached hydrogen (secondary N) is 1. The van der Waals surface area contributed by atoms with Gasteiger partial charge in [-0.15, -0.1) is 0 Å². The lowest BCUT2D eigenvalue weighted by atomic mass is 10.2. The number of pyridine rings is 1. The van der Waals surface area contributed by atoms with Gasteiger partial charge in [0.2, 0.25) is 0 Å². The first-order valence-electron chi connectivity index (χ1n) is 6.05. The highest BCUT2D eigenvalue weighted by Crippen LogP contribution is 2.15. The third-order valence-electron chi connectivity index (χ3n) is 3.24. The number of hydrogen-bond acceptors (Lipinski definition) is 3. The molecule has 0 saturated heterocycles. The predicted molar refractivity (Wildman–Crippen MR) is 75.0 cm³/mol. The monoisotopic (exact) mass is 254 g/mol. The molecule has 0 aliphatic carbocycles. The van der Waals surface area contributed by atoms with Gasteiger partial charge in [0, 0.05) is 5.69 Å². The number of H-pyrrole nitrogens is 1. The van der Waals surface area contributed by atoms with E-state index in [9.17, 15) is 4.79 Å². The maximum atomic E-state index is 12.5. The summed E-state index contributed by atoms with van der Waals surface area (Å²) in [5, 5.41) is 7.12. The van der Waals surface area contributed by atoms with E-state index in [1.165, 1.54) is 0 Å². The third kappa shape index (κ3) is 1.89. The fourth-order valence-corrected chi connectivity index (χ4v) is 2.24. The summed E-state index contributed by atoms with van der Waals surface area (Å²) in [5.41, 5.74) is 8.27. The zero-order valence-electron chi connectivity index (χ0n) is 10.6. The smallest absolute Gasteiger partial charge is 0.264 e. The standard InChI is InChI=1S/C14H14N4O/c1-9-7-11-12(13(15)17-16-11)14(19)18(9)8-10-5-3-2-4-6-10/h2-7H,8H2,1H3,(H3,15,16,17). The van der Waals surface area contributed by atoms with Gasteiger partial charge in [-0.05, 0) is 18.6 Å². The van der Waals surface area contributed by atoms with Crippen LogP contribution in [0.15, 0.2) is 41.2 Å². The molecule has 0 fully saturated rings. The summed E-state index contributed by atoms with van der Waals surface area (Å²) in [6.45, 7) is 2.44. The van der Waals surface area contributed by atoms with Crippen LogP contribution in [-0.4, -0.2) is 14.8 Å². The summed E-state index contributed by atoms with van der Waals surface area (Å²) < 4.78 is 1.71. The molecule has 0 amide bonds. The molecule has 1 aromatic carbocycles. The van der Waals surface area contributed by atoms with Gasteiger partial charge in [-0.3, -0.25) is 9.89 Å². The van der Waals surface area contributed by atoms with Crippen LogP contribution in [0.4, 0.5) is 5.82 Å². The van der Waals surface area contributed by atoms with Crippen LogP contribution in [0, 0.1) is 6.92 Å². The Morgan fingerprint density at radius 2 is 2.05 bits per heavy atom. The topological polar surface area (TPSA) is 76.7 Å². The fraction of sp³-hybridized carbons (Fsp3) is 0.143. The molecule has 2 aromatic heterocycles. The number of benzene rings is 1. The fourth-order valence-electron chi connectivity index (χ4n) is 2.24. The first-order chi connectivity index (χ1) is 9.16. The second-order valence-electron chi connectivity index (χ2n) is 4.56. The Hall–Kier alpha value is -2.56. The van der Waals surface area contributed by atoms with Crippen molar-refractivity contribution in [2.75, 3.05) is 5.73 Å². The molecular formula is C14H14N4O. The molecule has 3 aromatic rings. The molecule has 5 heteroatoms. The highest BCUT2D eigenvalue weighted by molar-refractivity contribution is 5.87. The Bertz CT molecular complexity index is 786. The van der Waals surface area contributed by atoms with E-state index in [-0.39, 0.29) is 11.4 Å². The molecule has 0 bridgehead atoms. The zero-order valence-corrected chi connectivity index (χ0v) is 10.6. The molecule has 0 aliphatic heterocycles. The first-order valence-corrected chi connectivity index (χ1v) is 6.05. The van der Waals surface area contributed by atoms with E-state index in [0.717, 1.165) is 11.3 Å². The highest BCUT2D eigenvalue weighted by atomic mass is 16.1. The van der Waals surface area contributed by atoms with Gasteiger partial charge in [0.1, 0.15) is 5.39 Å². The molecule has 0 spiro atoms. The largest absolute Gasteiger partial charge is 0.382 e. The van der Waals surface area contributed by atoms with Crippen LogP contribution in [0.3, 0.4) is 0 Å². The molecule has 3 rings (SSSR count). The van der Waals surface area contributed by atoms with Crippen molar-refractivity contribution < 1.29 is 0 Å². The van der Waals surface area contributed by atoms with Crippen molar-refractivity contribution in [2.45, 2.75) is 13.5 Å². The Morgan fingerprint density at radius 1 is 1.32 bits per heavy atom. The summed E-state index contributed by atoms with van der Waals surface area (Å²) in [7, 11) is 0. The van der Waals surface area contributed by atoms with Gasteiger partial charge in [-0.25, -0.2) is 0 Å². The quantitative estimate of drug-likeness (QED) is 0.730. The van der Waals surface area contributed by atoms with Crippen molar-refractivity contribution in [1.29, 1.82) is 0 Å². The van der Waals surface area contributed by atoms with Crippen molar-refractivity contribution in [3.8, 4) is 0 Å². The van der Waals surface area contributed by atoms with E-state index in [4.69, 9.17) is 5.73 Å². The molecule has 3 N–H and O–H groups in total. The Kier molecular flexibility index (Phi) is 2.59. The molecule has 0 unspecified atom stereocenters. The van der Waals surface area contributed by atoms with Crippen LogP contribution < -0.4 is 11.3 Å². The van der Waals surface area contributed by atoms with Gasteiger partial charge in [0.15, 0.2) is 5.82 Å².